The third-order valence-corrected chi connectivity index (χ3v) is 7.08. The Hall–Kier alpha value is -3.75. The highest BCUT2D eigenvalue weighted by atomic mass is 19.1. The lowest BCUT2D eigenvalue weighted by Crippen LogP contribution is -2.16. The highest BCUT2D eigenvalue weighted by Crippen LogP contribution is 2.47. The molecule has 0 spiro atoms. The average Bonchev–Trinajstić information content (AvgIpc) is 2.94. The summed E-state index contributed by atoms with van der Waals surface area (Å²) in [6.45, 7) is 3.44. The largest absolute Gasteiger partial charge is 0.508 e. The van der Waals surface area contributed by atoms with Crippen molar-refractivity contribution in [2.45, 2.75) is 58.0 Å². The number of allylic oxidation sites excluding steroid dienone is 1. The Bertz CT molecular complexity index is 1320. The van der Waals surface area contributed by atoms with Crippen molar-refractivity contribution in [1.29, 1.82) is 0 Å². The van der Waals surface area contributed by atoms with Crippen LogP contribution in [-0.2, 0) is 0 Å². The Morgan fingerprint density at radius 1 is 0.846 bits per heavy atom. The second-order valence-electron chi connectivity index (χ2n) is 10.0. The smallest absolute Gasteiger partial charge is 0.150 e. The van der Waals surface area contributed by atoms with Gasteiger partial charge in [0.05, 0.1) is 13.2 Å². The zero-order valence-corrected chi connectivity index (χ0v) is 22.7. The standard InChI is InChI=1S/C34H38FNO3/c1-25-31-24-30(38)18-19-32(31)39-34(33(25)28-12-9-13-29(37)23-28)27-16-14-26(15-17-27)11-10-22-36-21-8-6-4-2-3-5-7-20-35/h9,12-19,23-24,34,36-38H,2-8,20-22H2,1H3. The maximum Gasteiger partial charge on any atom is 0.150 e. The maximum absolute atomic E-state index is 12.1. The predicted molar refractivity (Wildman–Crippen MR) is 157 cm³/mol. The highest BCUT2D eigenvalue weighted by Gasteiger charge is 2.29. The summed E-state index contributed by atoms with van der Waals surface area (Å²) in [5.74, 6) is 7.52. The van der Waals surface area contributed by atoms with Gasteiger partial charge in [0.1, 0.15) is 23.4 Å². The minimum absolute atomic E-state index is 0.185. The van der Waals surface area contributed by atoms with Crippen LogP contribution >= 0.6 is 0 Å². The summed E-state index contributed by atoms with van der Waals surface area (Å²) in [6.07, 6.45) is 7.23. The van der Waals surface area contributed by atoms with Gasteiger partial charge in [-0.1, -0.05) is 68.2 Å². The molecule has 1 aliphatic rings. The first-order chi connectivity index (χ1) is 19.1. The number of aromatic hydroxyl groups is 2. The Balaban J connectivity index is 1.37. The molecule has 0 fully saturated rings. The number of phenols is 2. The van der Waals surface area contributed by atoms with Crippen LogP contribution in [0.3, 0.4) is 0 Å². The summed E-state index contributed by atoms with van der Waals surface area (Å²) in [4.78, 5) is 0. The fraction of sp³-hybridized carbons (Fsp3) is 0.353. The summed E-state index contributed by atoms with van der Waals surface area (Å²) >= 11 is 0. The molecule has 4 rings (SSSR count). The van der Waals surface area contributed by atoms with Gasteiger partial charge in [-0.05, 0) is 85.5 Å². The van der Waals surface area contributed by atoms with Crippen molar-refractivity contribution in [3.63, 3.8) is 0 Å². The van der Waals surface area contributed by atoms with Crippen LogP contribution in [0.15, 0.2) is 66.7 Å². The fourth-order valence-corrected chi connectivity index (χ4v) is 4.98. The molecule has 204 valence electrons. The van der Waals surface area contributed by atoms with Gasteiger partial charge in [-0.15, -0.1) is 0 Å². The molecule has 0 amide bonds. The van der Waals surface area contributed by atoms with Crippen molar-refractivity contribution in [3.05, 3.63) is 89.0 Å². The molecule has 3 N–H and O–H groups in total. The average molecular weight is 528 g/mol. The second kappa shape index (κ2) is 14.4. The number of phenolic OH excluding ortho intramolecular Hbond substituents is 2. The molecule has 0 saturated heterocycles. The van der Waals surface area contributed by atoms with E-state index >= 15 is 0 Å². The minimum atomic E-state index is -0.365. The van der Waals surface area contributed by atoms with E-state index in [2.05, 4.69) is 17.2 Å². The molecule has 1 atom stereocenters. The topological polar surface area (TPSA) is 61.7 Å². The molecule has 1 unspecified atom stereocenters. The van der Waals surface area contributed by atoms with Crippen LogP contribution in [-0.4, -0.2) is 30.0 Å². The second-order valence-corrected chi connectivity index (χ2v) is 10.0. The lowest BCUT2D eigenvalue weighted by molar-refractivity contribution is 0.259. The molecular formula is C34H38FNO3. The highest BCUT2D eigenvalue weighted by molar-refractivity contribution is 5.95. The van der Waals surface area contributed by atoms with Crippen LogP contribution in [0.5, 0.6) is 17.2 Å². The molecule has 0 bridgehead atoms. The fourth-order valence-electron chi connectivity index (χ4n) is 4.98. The minimum Gasteiger partial charge on any atom is -0.508 e. The van der Waals surface area contributed by atoms with E-state index in [1.807, 2.05) is 43.3 Å². The van der Waals surface area contributed by atoms with Crippen LogP contribution in [0.2, 0.25) is 0 Å². The third-order valence-electron chi connectivity index (χ3n) is 7.08. The molecule has 39 heavy (non-hydrogen) atoms. The Kier molecular flexibility index (Phi) is 10.4. The SMILES string of the molecule is CC1=C(c2cccc(O)c2)C(c2ccc(C#CCNCCCCCCCCCF)cc2)Oc2ccc(O)cc21. The summed E-state index contributed by atoms with van der Waals surface area (Å²) in [5.41, 5.74) is 5.59. The monoisotopic (exact) mass is 527 g/mol. The maximum atomic E-state index is 12.1. The number of nitrogens with one attached hydrogen (secondary N) is 1. The van der Waals surface area contributed by atoms with E-state index in [0.717, 1.165) is 59.2 Å². The number of benzene rings is 3. The number of ether oxygens (including phenoxy) is 1. The zero-order chi connectivity index (χ0) is 27.5. The van der Waals surface area contributed by atoms with Gasteiger partial charge in [0.2, 0.25) is 0 Å². The Morgan fingerprint density at radius 3 is 2.31 bits per heavy atom. The number of hydrogen-bond acceptors (Lipinski definition) is 4. The molecule has 1 heterocycles. The van der Waals surface area contributed by atoms with E-state index < -0.39 is 0 Å². The first kappa shape index (κ1) is 28.3. The zero-order valence-electron chi connectivity index (χ0n) is 22.7. The molecule has 5 heteroatoms. The van der Waals surface area contributed by atoms with E-state index in [9.17, 15) is 14.6 Å². The Morgan fingerprint density at radius 2 is 1.56 bits per heavy atom. The summed E-state index contributed by atoms with van der Waals surface area (Å²) in [6, 6.07) is 20.4. The number of halogens is 1. The van der Waals surface area contributed by atoms with E-state index in [-0.39, 0.29) is 24.3 Å². The van der Waals surface area contributed by atoms with Gasteiger partial charge in [0.25, 0.3) is 0 Å². The van der Waals surface area contributed by atoms with E-state index in [1.54, 1.807) is 30.3 Å². The number of hydrogen-bond donors (Lipinski definition) is 3. The molecule has 4 nitrogen and oxygen atoms in total. The normalized spacial score (nSPS) is 14.4. The first-order valence-electron chi connectivity index (χ1n) is 13.9. The van der Waals surface area contributed by atoms with Gasteiger partial charge in [-0.3, -0.25) is 4.39 Å². The van der Waals surface area contributed by atoms with Crippen molar-refractivity contribution in [3.8, 4) is 29.1 Å². The van der Waals surface area contributed by atoms with Gasteiger partial charge < -0.3 is 20.3 Å². The first-order valence-corrected chi connectivity index (χ1v) is 13.9. The van der Waals surface area contributed by atoms with Gasteiger partial charge in [-0.25, -0.2) is 0 Å². The number of rotatable bonds is 12. The number of alkyl halides is 1. The van der Waals surface area contributed by atoms with Crippen molar-refractivity contribution in [2.75, 3.05) is 19.8 Å². The molecule has 3 aromatic rings. The number of fused-ring (bicyclic) bond motifs is 1. The summed E-state index contributed by atoms with van der Waals surface area (Å²) in [7, 11) is 0. The van der Waals surface area contributed by atoms with Gasteiger partial charge in [-0.2, -0.15) is 0 Å². The Labute approximate surface area is 231 Å². The molecular weight excluding hydrogens is 489 g/mol. The van der Waals surface area contributed by atoms with Crippen molar-refractivity contribution >= 4 is 11.1 Å². The van der Waals surface area contributed by atoms with Crippen molar-refractivity contribution < 1.29 is 19.3 Å². The molecule has 0 radical (unpaired) electrons. The van der Waals surface area contributed by atoms with E-state index in [4.69, 9.17) is 4.74 Å². The van der Waals surface area contributed by atoms with Gasteiger partial charge in [0, 0.05) is 16.7 Å². The van der Waals surface area contributed by atoms with Gasteiger partial charge in [0.15, 0.2) is 0 Å². The third kappa shape index (κ3) is 7.88. The van der Waals surface area contributed by atoms with Crippen LogP contribution in [0.4, 0.5) is 4.39 Å². The van der Waals surface area contributed by atoms with Crippen molar-refractivity contribution in [2.24, 2.45) is 0 Å². The van der Waals surface area contributed by atoms with Gasteiger partial charge >= 0.3 is 0 Å². The van der Waals surface area contributed by atoms with Crippen LogP contribution in [0, 0.1) is 11.8 Å². The lowest BCUT2D eigenvalue weighted by Gasteiger charge is -2.31. The lowest BCUT2D eigenvalue weighted by atomic mass is 9.86. The van der Waals surface area contributed by atoms with Crippen LogP contribution < -0.4 is 10.1 Å². The molecule has 0 aromatic heterocycles. The quantitative estimate of drug-likeness (QED) is 0.166. The van der Waals surface area contributed by atoms with E-state index in [0.29, 0.717) is 18.7 Å². The van der Waals surface area contributed by atoms with Crippen LogP contribution in [0.25, 0.3) is 11.1 Å². The summed E-state index contributed by atoms with van der Waals surface area (Å²) < 4.78 is 18.5. The molecule has 3 aromatic carbocycles. The van der Waals surface area contributed by atoms with Crippen LogP contribution in [0.1, 0.15) is 80.2 Å². The molecule has 0 saturated carbocycles. The molecule has 0 aliphatic carbocycles. The predicted octanol–water partition coefficient (Wildman–Crippen LogP) is 7.80. The van der Waals surface area contributed by atoms with E-state index in [1.165, 1.54) is 19.3 Å². The molecule has 1 aliphatic heterocycles. The summed E-state index contributed by atoms with van der Waals surface area (Å²) in [5, 5.41) is 23.6. The van der Waals surface area contributed by atoms with Crippen molar-refractivity contribution in [1.82, 2.24) is 5.32 Å². The number of unbranched alkanes of at least 4 members (excludes halogenated alkanes) is 6.